The number of aryl methyl sites for hydroxylation is 3. The van der Waals surface area contributed by atoms with E-state index in [9.17, 15) is 0 Å². The zero-order valence-corrected chi connectivity index (χ0v) is 15.8. The Morgan fingerprint density at radius 3 is 2.37 bits per heavy atom. The molecule has 1 aliphatic rings. The minimum absolute atomic E-state index is 0.348. The third-order valence-corrected chi connectivity index (χ3v) is 4.80. The Balaban J connectivity index is 1.34. The van der Waals surface area contributed by atoms with Gasteiger partial charge in [0.25, 0.3) is 0 Å². The van der Waals surface area contributed by atoms with Gasteiger partial charge in [-0.25, -0.2) is 14.6 Å². The molecular formula is C19H24N8. The lowest BCUT2D eigenvalue weighted by Crippen LogP contribution is -2.22. The molecule has 0 aromatic carbocycles. The molecule has 27 heavy (non-hydrogen) atoms. The first-order valence-electron chi connectivity index (χ1n) is 9.26. The van der Waals surface area contributed by atoms with E-state index < -0.39 is 0 Å². The third kappa shape index (κ3) is 4.05. The maximum absolute atomic E-state index is 4.56. The second-order valence-electron chi connectivity index (χ2n) is 7.16. The van der Waals surface area contributed by atoms with Gasteiger partial charge in [0.15, 0.2) is 0 Å². The van der Waals surface area contributed by atoms with Crippen LogP contribution in [0.5, 0.6) is 0 Å². The molecule has 8 heteroatoms. The molecule has 140 valence electrons. The van der Waals surface area contributed by atoms with Crippen LogP contribution in [-0.4, -0.2) is 42.0 Å². The predicted octanol–water partition coefficient (Wildman–Crippen LogP) is 2.82. The fraction of sp³-hybridized carbons (Fsp3) is 0.421. The number of rotatable bonds is 5. The Bertz CT molecular complexity index is 900. The zero-order chi connectivity index (χ0) is 18.8. The van der Waals surface area contributed by atoms with Crippen LogP contribution in [0.2, 0.25) is 0 Å². The van der Waals surface area contributed by atoms with E-state index in [-0.39, 0.29) is 0 Å². The number of anilines is 2. The summed E-state index contributed by atoms with van der Waals surface area (Å²) in [6, 6.07) is 6.85. The maximum Gasteiger partial charge on any atom is 0.242 e. The Hall–Kier alpha value is -3.03. The molecule has 3 aromatic rings. The van der Waals surface area contributed by atoms with Gasteiger partial charge in [-0.3, -0.25) is 0 Å². The Morgan fingerprint density at radius 1 is 0.926 bits per heavy atom. The average molecular weight is 364 g/mol. The summed E-state index contributed by atoms with van der Waals surface area (Å²) in [4.78, 5) is 8.83. The Kier molecular flexibility index (Phi) is 4.70. The van der Waals surface area contributed by atoms with Crippen LogP contribution in [0.15, 0.2) is 30.6 Å². The molecule has 0 radical (unpaired) electrons. The lowest BCUT2D eigenvalue weighted by Gasteiger charge is -2.15. The summed E-state index contributed by atoms with van der Waals surface area (Å²) >= 11 is 0. The first-order chi connectivity index (χ1) is 13.1. The largest absolute Gasteiger partial charge is 0.367 e. The standard InChI is InChI=1S/C19H24N8/c1-12-8-14(3)27(26-12)17-6-7-18(20-11-17)22-15-4-5-16(9-15)23-19-21-10-13(2)24-25-19/h6-8,10-11,15-16H,4-5,9H2,1-3H3,(H,20,22)(H,21,23,25)/t15-,16-/m0/s1. The van der Waals surface area contributed by atoms with Crippen molar-refractivity contribution >= 4 is 11.8 Å². The van der Waals surface area contributed by atoms with Crippen LogP contribution in [0, 0.1) is 20.8 Å². The first kappa shape index (κ1) is 17.4. The van der Waals surface area contributed by atoms with Crippen molar-refractivity contribution in [3.05, 3.63) is 47.7 Å². The number of pyridine rings is 1. The van der Waals surface area contributed by atoms with E-state index in [1.807, 2.05) is 43.8 Å². The predicted molar refractivity (Wildman–Crippen MR) is 104 cm³/mol. The Morgan fingerprint density at radius 2 is 1.74 bits per heavy atom. The van der Waals surface area contributed by atoms with Crippen molar-refractivity contribution in [2.24, 2.45) is 0 Å². The molecule has 0 amide bonds. The number of nitrogens with one attached hydrogen (secondary N) is 2. The van der Waals surface area contributed by atoms with Gasteiger partial charge in [-0.05, 0) is 58.2 Å². The summed E-state index contributed by atoms with van der Waals surface area (Å²) in [7, 11) is 0. The molecule has 1 aliphatic carbocycles. The molecular weight excluding hydrogens is 340 g/mol. The van der Waals surface area contributed by atoms with Crippen molar-refractivity contribution in [1.82, 2.24) is 29.9 Å². The molecule has 0 saturated heterocycles. The van der Waals surface area contributed by atoms with Crippen molar-refractivity contribution in [1.29, 1.82) is 0 Å². The molecule has 8 nitrogen and oxygen atoms in total. The first-order valence-corrected chi connectivity index (χ1v) is 9.26. The third-order valence-electron chi connectivity index (χ3n) is 4.80. The second-order valence-corrected chi connectivity index (χ2v) is 7.16. The summed E-state index contributed by atoms with van der Waals surface area (Å²) in [6.07, 6.45) is 6.74. The van der Waals surface area contributed by atoms with Gasteiger partial charge in [-0.15, -0.1) is 5.10 Å². The van der Waals surface area contributed by atoms with Gasteiger partial charge in [0, 0.05) is 17.8 Å². The van der Waals surface area contributed by atoms with Crippen molar-refractivity contribution in [3.8, 4) is 5.69 Å². The minimum Gasteiger partial charge on any atom is -0.367 e. The maximum atomic E-state index is 4.56. The van der Waals surface area contributed by atoms with Gasteiger partial charge < -0.3 is 10.6 Å². The molecule has 3 aromatic heterocycles. The van der Waals surface area contributed by atoms with Crippen LogP contribution in [0.4, 0.5) is 11.8 Å². The molecule has 4 rings (SSSR count). The van der Waals surface area contributed by atoms with Gasteiger partial charge in [-0.2, -0.15) is 10.2 Å². The zero-order valence-electron chi connectivity index (χ0n) is 15.8. The van der Waals surface area contributed by atoms with E-state index >= 15 is 0 Å². The number of aromatic nitrogens is 6. The van der Waals surface area contributed by atoms with E-state index in [1.54, 1.807) is 6.20 Å². The fourth-order valence-electron chi connectivity index (χ4n) is 3.52. The highest BCUT2D eigenvalue weighted by molar-refractivity contribution is 5.42. The highest BCUT2D eigenvalue weighted by Gasteiger charge is 2.25. The molecule has 0 aliphatic heterocycles. The van der Waals surface area contributed by atoms with Gasteiger partial charge in [0.05, 0.1) is 29.5 Å². The van der Waals surface area contributed by atoms with Crippen LogP contribution in [0.25, 0.3) is 5.69 Å². The second kappa shape index (κ2) is 7.30. The van der Waals surface area contributed by atoms with Crippen LogP contribution in [0.3, 0.4) is 0 Å². The number of hydrogen-bond acceptors (Lipinski definition) is 7. The summed E-state index contributed by atoms with van der Waals surface area (Å²) in [5.41, 5.74) is 3.90. The van der Waals surface area contributed by atoms with Crippen molar-refractivity contribution in [2.45, 2.75) is 52.1 Å². The summed E-state index contributed by atoms with van der Waals surface area (Å²) in [6.45, 7) is 5.92. The lowest BCUT2D eigenvalue weighted by molar-refractivity contribution is 0.712. The summed E-state index contributed by atoms with van der Waals surface area (Å²) in [5, 5.41) is 19.5. The molecule has 3 heterocycles. The van der Waals surface area contributed by atoms with Gasteiger partial charge in [0.2, 0.25) is 5.95 Å². The quantitative estimate of drug-likeness (QED) is 0.719. The number of nitrogens with zero attached hydrogens (tertiary/aromatic N) is 6. The monoisotopic (exact) mass is 364 g/mol. The minimum atomic E-state index is 0.348. The molecule has 1 saturated carbocycles. The number of hydrogen-bond donors (Lipinski definition) is 2. The molecule has 0 spiro atoms. The van der Waals surface area contributed by atoms with Crippen molar-refractivity contribution in [2.75, 3.05) is 10.6 Å². The van der Waals surface area contributed by atoms with Crippen LogP contribution < -0.4 is 10.6 Å². The topological polar surface area (TPSA) is 93.4 Å². The van der Waals surface area contributed by atoms with Crippen LogP contribution >= 0.6 is 0 Å². The smallest absolute Gasteiger partial charge is 0.242 e. The van der Waals surface area contributed by atoms with Crippen LogP contribution in [0.1, 0.15) is 36.3 Å². The van der Waals surface area contributed by atoms with Gasteiger partial charge in [-0.1, -0.05) is 0 Å². The van der Waals surface area contributed by atoms with Gasteiger partial charge in [0.1, 0.15) is 5.82 Å². The van der Waals surface area contributed by atoms with E-state index in [0.717, 1.165) is 47.8 Å². The fourth-order valence-corrected chi connectivity index (χ4v) is 3.52. The van der Waals surface area contributed by atoms with E-state index in [1.165, 1.54) is 0 Å². The van der Waals surface area contributed by atoms with E-state index in [4.69, 9.17) is 0 Å². The molecule has 2 atom stereocenters. The molecule has 1 fully saturated rings. The molecule has 0 unspecified atom stereocenters. The van der Waals surface area contributed by atoms with E-state index in [2.05, 4.69) is 42.0 Å². The summed E-state index contributed by atoms with van der Waals surface area (Å²) < 4.78 is 1.91. The summed E-state index contributed by atoms with van der Waals surface area (Å²) in [5.74, 6) is 1.48. The normalized spacial score (nSPS) is 19.2. The van der Waals surface area contributed by atoms with Crippen molar-refractivity contribution < 1.29 is 0 Å². The van der Waals surface area contributed by atoms with Crippen molar-refractivity contribution in [3.63, 3.8) is 0 Å². The highest BCUT2D eigenvalue weighted by atomic mass is 15.3. The van der Waals surface area contributed by atoms with E-state index in [0.29, 0.717) is 18.0 Å². The lowest BCUT2D eigenvalue weighted by atomic mass is 10.2. The molecule has 2 N–H and O–H groups in total. The average Bonchev–Trinajstić information content (AvgIpc) is 3.23. The SMILES string of the molecule is Cc1cnc(N[C@H]2CC[C@H](Nc3ccc(-n4nc(C)cc4C)cn3)C2)nn1. The molecule has 0 bridgehead atoms. The Labute approximate surface area is 158 Å². The van der Waals surface area contributed by atoms with Crippen LogP contribution in [-0.2, 0) is 0 Å². The van der Waals surface area contributed by atoms with Gasteiger partial charge >= 0.3 is 0 Å². The highest BCUT2D eigenvalue weighted by Crippen LogP contribution is 2.24.